The Morgan fingerprint density at radius 1 is 1.37 bits per heavy atom. The Balaban J connectivity index is 2.22. The molecule has 0 spiro atoms. The molecule has 1 aromatic carbocycles. The molecule has 2 aromatic rings. The Hall–Kier alpha value is -1.13. The molecule has 1 N–H and O–H groups in total. The lowest BCUT2D eigenvalue weighted by Crippen LogP contribution is -2.12. The largest absolute Gasteiger partial charge is 0.386 e. The first-order valence-corrected chi connectivity index (χ1v) is 7.36. The number of aromatic nitrogens is 2. The van der Waals surface area contributed by atoms with Crippen LogP contribution in [-0.2, 0) is 13.0 Å². The lowest BCUT2D eigenvalue weighted by atomic mass is 10.0. The predicted molar refractivity (Wildman–Crippen MR) is 80.1 cm³/mol. The van der Waals surface area contributed by atoms with Crippen molar-refractivity contribution in [3.8, 4) is 0 Å². The minimum atomic E-state index is -0.537. The van der Waals surface area contributed by atoms with Gasteiger partial charge in [0, 0.05) is 13.0 Å². The van der Waals surface area contributed by atoms with Crippen molar-refractivity contribution in [2.45, 2.75) is 39.3 Å². The summed E-state index contributed by atoms with van der Waals surface area (Å²) < 4.78 is 2.76. The van der Waals surface area contributed by atoms with Crippen molar-refractivity contribution < 1.29 is 5.11 Å². The van der Waals surface area contributed by atoms with Crippen LogP contribution in [0.2, 0.25) is 0 Å². The molecule has 0 aliphatic carbocycles. The zero-order chi connectivity index (χ0) is 13.8. The van der Waals surface area contributed by atoms with Gasteiger partial charge in [-0.25, -0.2) is 0 Å². The molecule has 1 aromatic heterocycles. The van der Waals surface area contributed by atoms with Gasteiger partial charge in [0.05, 0.1) is 16.4 Å². The van der Waals surface area contributed by atoms with Crippen LogP contribution in [0.5, 0.6) is 0 Å². The highest BCUT2D eigenvalue weighted by Gasteiger charge is 2.18. The van der Waals surface area contributed by atoms with Crippen molar-refractivity contribution in [2.75, 3.05) is 0 Å². The summed E-state index contributed by atoms with van der Waals surface area (Å²) in [5.41, 5.74) is 3.25. The summed E-state index contributed by atoms with van der Waals surface area (Å²) in [6.07, 6.45) is 2.83. The third-order valence-electron chi connectivity index (χ3n) is 3.26. The second-order valence-corrected chi connectivity index (χ2v) is 5.60. The SMILES string of the molecule is CCCn1ncc(Br)c1C(O)Cc1ccccc1C. The Morgan fingerprint density at radius 3 is 2.79 bits per heavy atom. The van der Waals surface area contributed by atoms with Gasteiger partial charge in [0.1, 0.15) is 6.10 Å². The van der Waals surface area contributed by atoms with Gasteiger partial charge >= 0.3 is 0 Å². The average molecular weight is 323 g/mol. The van der Waals surface area contributed by atoms with E-state index in [1.807, 2.05) is 16.8 Å². The van der Waals surface area contributed by atoms with Gasteiger partial charge in [0.2, 0.25) is 0 Å². The quantitative estimate of drug-likeness (QED) is 0.912. The third kappa shape index (κ3) is 3.25. The summed E-state index contributed by atoms with van der Waals surface area (Å²) in [4.78, 5) is 0. The van der Waals surface area contributed by atoms with E-state index in [0.717, 1.165) is 23.1 Å². The predicted octanol–water partition coefficient (Wildman–Crippen LogP) is 3.64. The molecule has 0 aliphatic rings. The van der Waals surface area contributed by atoms with Crippen LogP contribution in [0.15, 0.2) is 34.9 Å². The molecule has 102 valence electrons. The van der Waals surface area contributed by atoms with E-state index in [1.54, 1.807) is 6.20 Å². The molecule has 0 saturated heterocycles. The van der Waals surface area contributed by atoms with Gasteiger partial charge in [0.25, 0.3) is 0 Å². The van der Waals surface area contributed by atoms with Gasteiger partial charge in [-0.1, -0.05) is 31.2 Å². The van der Waals surface area contributed by atoms with Crippen molar-refractivity contribution in [3.63, 3.8) is 0 Å². The first-order valence-electron chi connectivity index (χ1n) is 6.57. The van der Waals surface area contributed by atoms with Crippen LogP contribution in [0.25, 0.3) is 0 Å². The van der Waals surface area contributed by atoms with Crippen LogP contribution < -0.4 is 0 Å². The van der Waals surface area contributed by atoms with E-state index in [2.05, 4.69) is 47.0 Å². The zero-order valence-electron chi connectivity index (χ0n) is 11.3. The Morgan fingerprint density at radius 2 is 2.11 bits per heavy atom. The van der Waals surface area contributed by atoms with Gasteiger partial charge in [-0.3, -0.25) is 4.68 Å². The van der Waals surface area contributed by atoms with E-state index < -0.39 is 6.10 Å². The highest BCUT2D eigenvalue weighted by molar-refractivity contribution is 9.10. The number of aliphatic hydroxyl groups excluding tert-OH is 1. The highest BCUT2D eigenvalue weighted by Crippen LogP contribution is 2.27. The summed E-state index contributed by atoms with van der Waals surface area (Å²) in [5.74, 6) is 0. The van der Waals surface area contributed by atoms with E-state index >= 15 is 0 Å². The average Bonchev–Trinajstić information content (AvgIpc) is 2.74. The number of nitrogens with zero attached hydrogens (tertiary/aromatic N) is 2. The van der Waals surface area contributed by atoms with E-state index in [-0.39, 0.29) is 0 Å². The number of aryl methyl sites for hydroxylation is 2. The molecule has 0 aliphatic heterocycles. The topological polar surface area (TPSA) is 38.0 Å². The summed E-state index contributed by atoms with van der Waals surface area (Å²) in [5, 5.41) is 14.8. The molecule has 0 bridgehead atoms. The van der Waals surface area contributed by atoms with Gasteiger partial charge < -0.3 is 5.11 Å². The van der Waals surface area contributed by atoms with E-state index in [9.17, 15) is 5.11 Å². The number of hydrogen-bond acceptors (Lipinski definition) is 2. The molecule has 1 atom stereocenters. The van der Waals surface area contributed by atoms with Gasteiger partial charge in [-0.15, -0.1) is 0 Å². The maximum Gasteiger partial charge on any atom is 0.101 e. The van der Waals surface area contributed by atoms with Crippen molar-refractivity contribution >= 4 is 15.9 Å². The van der Waals surface area contributed by atoms with E-state index in [0.29, 0.717) is 6.42 Å². The standard InChI is InChI=1S/C15H19BrN2O/c1-3-8-18-15(13(16)10-17-18)14(19)9-12-7-5-4-6-11(12)2/h4-7,10,14,19H,3,8-9H2,1-2H3. The Labute approximate surface area is 122 Å². The summed E-state index contributed by atoms with van der Waals surface area (Å²) >= 11 is 3.48. The molecular formula is C15H19BrN2O. The van der Waals surface area contributed by atoms with Crippen LogP contribution in [0.3, 0.4) is 0 Å². The highest BCUT2D eigenvalue weighted by atomic mass is 79.9. The smallest absolute Gasteiger partial charge is 0.101 e. The van der Waals surface area contributed by atoms with E-state index in [1.165, 1.54) is 11.1 Å². The molecule has 1 heterocycles. The third-order valence-corrected chi connectivity index (χ3v) is 3.87. The van der Waals surface area contributed by atoms with Crippen LogP contribution >= 0.6 is 15.9 Å². The van der Waals surface area contributed by atoms with Crippen LogP contribution in [0.4, 0.5) is 0 Å². The molecule has 1 unspecified atom stereocenters. The molecule has 0 radical (unpaired) electrons. The zero-order valence-corrected chi connectivity index (χ0v) is 12.9. The Bertz CT molecular complexity index is 551. The van der Waals surface area contributed by atoms with Crippen molar-refractivity contribution in [1.29, 1.82) is 0 Å². The molecule has 19 heavy (non-hydrogen) atoms. The fourth-order valence-corrected chi connectivity index (χ4v) is 2.80. The second kappa shape index (κ2) is 6.35. The maximum atomic E-state index is 10.5. The van der Waals surface area contributed by atoms with Crippen LogP contribution in [0, 0.1) is 6.92 Å². The Kier molecular flexibility index (Phi) is 4.77. The lowest BCUT2D eigenvalue weighted by Gasteiger charge is -2.15. The molecule has 0 saturated carbocycles. The minimum absolute atomic E-state index is 0.537. The van der Waals surface area contributed by atoms with Crippen molar-refractivity contribution in [1.82, 2.24) is 9.78 Å². The summed E-state index contributed by atoms with van der Waals surface area (Å²) in [7, 11) is 0. The monoisotopic (exact) mass is 322 g/mol. The number of halogens is 1. The maximum absolute atomic E-state index is 10.5. The number of benzene rings is 1. The molecule has 3 nitrogen and oxygen atoms in total. The van der Waals surface area contributed by atoms with E-state index in [4.69, 9.17) is 0 Å². The van der Waals surface area contributed by atoms with Crippen molar-refractivity contribution in [2.24, 2.45) is 0 Å². The normalized spacial score (nSPS) is 12.6. The molecular weight excluding hydrogens is 304 g/mol. The minimum Gasteiger partial charge on any atom is -0.386 e. The fraction of sp³-hybridized carbons (Fsp3) is 0.400. The number of aliphatic hydroxyl groups is 1. The molecule has 0 fully saturated rings. The van der Waals surface area contributed by atoms with Gasteiger partial charge in [-0.05, 0) is 40.4 Å². The first kappa shape index (κ1) is 14.3. The fourth-order valence-electron chi connectivity index (χ4n) is 2.24. The molecule has 0 amide bonds. The number of hydrogen-bond donors (Lipinski definition) is 1. The number of rotatable bonds is 5. The van der Waals surface area contributed by atoms with Crippen LogP contribution in [-0.4, -0.2) is 14.9 Å². The molecule has 4 heteroatoms. The van der Waals surface area contributed by atoms with Crippen LogP contribution in [0.1, 0.15) is 36.3 Å². The first-order chi connectivity index (χ1) is 9.13. The van der Waals surface area contributed by atoms with Crippen molar-refractivity contribution in [3.05, 3.63) is 51.8 Å². The van der Waals surface area contributed by atoms with Gasteiger partial charge in [0.15, 0.2) is 0 Å². The lowest BCUT2D eigenvalue weighted by molar-refractivity contribution is 0.165. The summed E-state index contributed by atoms with van der Waals surface area (Å²) in [6.45, 7) is 5.00. The second-order valence-electron chi connectivity index (χ2n) is 4.75. The molecule has 2 rings (SSSR count). The summed E-state index contributed by atoms with van der Waals surface area (Å²) in [6, 6.07) is 8.16. The van der Waals surface area contributed by atoms with Gasteiger partial charge in [-0.2, -0.15) is 5.10 Å².